The average Bonchev–Trinajstić information content (AvgIpc) is 1.18. The van der Waals surface area contributed by atoms with Crippen LogP contribution in [0.15, 0.2) is 11.6 Å². The lowest BCUT2D eigenvalue weighted by Crippen LogP contribution is -2.68. The molecule has 0 bridgehead atoms. The Bertz CT molecular complexity index is 2410. The Labute approximate surface area is 475 Å². The van der Waals surface area contributed by atoms with Crippen LogP contribution in [0, 0.1) is 50.2 Å². The molecule has 4 saturated heterocycles. The number of fused-ring (bicyclic) bond motifs is 7. The summed E-state index contributed by atoms with van der Waals surface area (Å²) in [5, 5.41) is 152. The van der Waals surface area contributed by atoms with Gasteiger partial charge in [-0.15, -0.1) is 0 Å². The zero-order valence-electron chi connectivity index (χ0n) is 47.2. The molecule has 8 fully saturated rings. The van der Waals surface area contributed by atoms with Crippen LogP contribution in [0.4, 0.5) is 0 Å². The van der Waals surface area contributed by atoms with Gasteiger partial charge in [-0.1, -0.05) is 60.1 Å². The molecule has 0 unspecified atom stereocenters. The average molecular weight is 1200 g/mol. The van der Waals surface area contributed by atoms with E-state index in [0.717, 1.165) is 12.0 Å². The summed E-state index contributed by atoms with van der Waals surface area (Å²) >= 11 is 0. The predicted octanol–water partition coefficient (Wildman–Crippen LogP) is -3.24. The van der Waals surface area contributed by atoms with E-state index >= 15 is 4.79 Å². The van der Waals surface area contributed by atoms with Crippen molar-refractivity contribution in [3.8, 4) is 0 Å². The molecule has 27 nitrogen and oxygen atoms in total. The fourth-order valence-corrected chi connectivity index (χ4v) is 17.3. The van der Waals surface area contributed by atoms with Crippen LogP contribution in [-0.4, -0.2) is 252 Å². The van der Waals surface area contributed by atoms with Crippen molar-refractivity contribution in [3.63, 3.8) is 0 Å². The fourth-order valence-electron chi connectivity index (χ4n) is 16.6. The van der Waals surface area contributed by atoms with E-state index < -0.39 is 205 Å². The first-order valence-corrected chi connectivity index (χ1v) is 29.9. The van der Waals surface area contributed by atoms with Crippen molar-refractivity contribution in [3.05, 3.63) is 11.6 Å². The molecule has 0 radical (unpaired) electrons. The number of hydrogen-bond acceptors (Lipinski definition) is 26. The second-order valence-corrected chi connectivity index (χ2v) is 28.0. The van der Waals surface area contributed by atoms with E-state index in [1.54, 1.807) is 0 Å². The first-order valence-electron chi connectivity index (χ1n) is 28.6. The smallest absolute Gasteiger partial charge is 0.397 e. The van der Waals surface area contributed by atoms with Crippen LogP contribution in [0.5, 0.6) is 0 Å². The standard InChI is InChI=1S/C54H88O27S/c1-49(2)14-15-54(23(16-49)22-8-9-29-51(5)12-11-31(81-82(70,71)72)50(3,4)28(51)10-13-52(29,6)53(22,7)17-30(54)57)48(69)80-46-42(68)38(64)35(61)27(78-46)21-74-47-43(39(65)33(59)25(19-56)76-47)79-45-41(67)37(63)34(60)26(77-45)20-73-44-40(66)36(62)32(58)24(18-55)75-44/h8,23-47,55-68H,9-21H2,1-7H3,(H,70,71,72)/t23-,24+,25-,26-,27+,28+,29+,30+,31+,32-,33+,34-,35+,36+,37-,38-,39+,40-,41+,42-,43-,44+,45+,46+,47+,51-,52+,53+,54+/m1/s1. The lowest BCUT2D eigenvalue weighted by atomic mass is 9.33. The summed E-state index contributed by atoms with van der Waals surface area (Å²) in [6.07, 6.45) is -32.4. The Kier molecular flexibility index (Phi) is 18.4. The van der Waals surface area contributed by atoms with Crippen LogP contribution in [-0.2, 0) is 57.3 Å². The van der Waals surface area contributed by atoms with Crippen molar-refractivity contribution in [1.29, 1.82) is 0 Å². The second-order valence-electron chi connectivity index (χ2n) is 27.0. The molecule has 0 spiro atoms. The molecule has 4 aliphatic heterocycles. The lowest BCUT2D eigenvalue weighted by molar-refractivity contribution is -0.376. The Morgan fingerprint density at radius 2 is 1.10 bits per heavy atom. The van der Waals surface area contributed by atoms with Crippen molar-refractivity contribution in [2.45, 2.75) is 241 Å². The molecule has 4 saturated carbocycles. The number of allylic oxidation sites excluding steroid dienone is 2. The monoisotopic (exact) mass is 1200 g/mol. The summed E-state index contributed by atoms with van der Waals surface area (Å²) in [6, 6.07) is 0. The molecule has 29 atom stereocenters. The normalized spacial score (nSPS) is 52.0. The molecular weight excluding hydrogens is 1110 g/mol. The van der Waals surface area contributed by atoms with Crippen LogP contribution in [0.2, 0.25) is 0 Å². The van der Waals surface area contributed by atoms with Crippen molar-refractivity contribution in [2.75, 3.05) is 26.4 Å². The van der Waals surface area contributed by atoms with Gasteiger partial charge in [0.05, 0.1) is 38.6 Å². The predicted molar refractivity (Wildman–Crippen MR) is 275 cm³/mol. The zero-order chi connectivity index (χ0) is 60.4. The summed E-state index contributed by atoms with van der Waals surface area (Å²) in [5.41, 5.74) is -2.82. The third-order valence-electron chi connectivity index (χ3n) is 21.6. The van der Waals surface area contributed by atoms with Gasteiger partial charge in [-0.25, -0.2) is 4.18 Å². The lowest BCUT2D eigenvalue weighted by Gasteiger charge is -2.71. The maximum Gasteiger partial charge on any atom is 0.397 e. The molecule has 5 aliphatic carbocycles. The van der Waals surface area contributed by atoms with Gasteiger partial charge in [0.25, 0.3) is 0 Å². The molecule has 28 heteroatoms. The SMILES string of the molecule is CC1(C)CC[C@]2(C(=O)O[C@@H]3O[C@@H](CO[C@H]4O[C@H](CO)[C@H](O)[C@H](O)[C@H]4O[C@@H]4O[C@H](CO[C@H]5O[C@@H](CO)[C@@H](O)[C@H](O)[C@H]5O)[C@@H](O)[C@@H](O)[C@@H]4O)[C@H](O)[C@@H](O)[C@H]3O)[C@H](C1)C1=CC[C@H]3[C@]4(C)CC[C@H](OS(=O)(=O)O)C(C)(C)[C@@H]4CC[C@]3(C)[C@@]1(C)C[C@@H]2O. The van der Waals surface area contributed by atoms with E-state index in [2.05, 4.69) is 40.7 Å². The van der Waals surface area contributed by atoms with Crippen molar-refractivity contribution in [1.82, 2.24) is 0 Å². The summed E-state index contributed by atoms with van der Waals surface area (Å²) in [7, 11) is -4.71. The number of ether oxygens (including phenoxy) is 8. The molecule has 82 heavy (non-hydrogen) atoms. The van der Waals surface area contributed by atoms with Gasteiger partial charge in [0.1, 0.15) is 103 Å². The topological polar surface area (TPSA) is 438 Å². The third kappa shape index (κ3) is 11.0. The summed E-state index contributed by atoms with van der Waals surface area (Å²) < 4.78 is 85.1. The van der Waals surface area contributed by atoms with E-state index in [9.17, 15) is 84.5 Å². The largest absolute Gasteiger partial charge is 0.432 e. The van der Waals surface area contributed by atoms with Crippen LogP contribution in [0.25, 0.3) is 0 Å². The molecule has 15 N–H and O–H groups in total. The number of aliphatic hydroxyl groups is 14. The highest BCUT2D eigenvalue weighted by Crippen LogP contribution is 2.76. The van der Waals surface area contributed by atoms with E-state index in [4.69, 9.17) is 42.1 Å². The minimum absolute atomic E-state index is 0.0237. The van der Waals surface area contributed by atoms with E-state index in [1.165, 1.54) is 0 Å². The molecule has 9 rings (SSSR count). The zero-order valence-corrected chi connectivity index (χ0v) is 48.0. The van der Waals surface area contributed by atoms with Crippen molar-refractivity contribution >= 4 is 16.4 Å². The number of carbonyl (C=O) groups excluding carboxylic acids is 1. The highest BCUT2D eigenvalue weighted by molar-refractivity contribution is 7.80. The highest BCUT2D eigenvalue weighted by Gasteiger charge is 2.72. The van der Waals surface area contributed by atoms with Crippen LogP contribution < -0.4 is 0 Å². The number of rotatable bonds is 14. The Morgan fingerprint density at radius 1 is 0.585 bits per heavy atom. The van der Waals surface area contributed by atoms with Crippen LogP contribution in [0.1, 0.15) is 106 Å². The first kappa shape index (κ1) is 64.7. The van der Waals surface area contributed by atoms with Gasteiger partial charge in [0, 0.05) is 0 Å². The maximum atomic E-state index is 15.2. The van der Waals surface area contributed by atoms with Crippen LogP contribution >= 0.6 is 0 Å². The first-order chi connectivity index (χ1) is 38.1. The fraction of sp³-hybridized carbons (Fsp3) is 0.944. The molecule has 0 aromatic carbocycles. The van der Waals surface area contributed by atoms with Crippen molar-refractivity contribution in [2.24, 2.45) is 50.2 Å². The van der Waals surface area contributed by atoms with Gasteiger partial charge in [-0.2, -0.15) is 8.42 Å². The molecular formula is C54H88O27S. The molecule has 4 heterocycles. The molecule has 9 aliphatic rings. The van der Waals surface area contributed by atoms with Gasteiger partial charge >= 0.3 is 16.4 Å². The van der Waals surface area contributed by atoms with E-state index in [1.807, 2.05) is 13.8 Å². The van der Waals surface area contributed by atoms with Gasteiger partial charge in [0.2, 0.25) is 6.29 Å². The number of hydrogen-bond donors (Lipinski definition) is 15. The minimum atomic E-state index is -4.71. The summed E-state index contributed by atoms with van der Waals surface area (Å²) in [6.45, 7) is 11.6. The van der Waals surface area contributed by atoms with Gasteiger partial charge in [0.15, 0.2) is 18.9 Å². The van der Waals surface area contributed by atoms with E-state index in [0.29, 0.717) is 38.5 Å². The number of carbonyl (C=O) groups is 1. The van der Waals surface area contributed by atoms with E-state index in [-0.39, 0.29) is 35.5 Å². The van der Waals surface area contributed by atoms with Gasteiger partial charge < -0.3 is 109 Å². The van der Waals surface area contributed by atoms with Gasteiger partial charge in [-0.3, -0.25) is 9.35 Å². The number of aliphatic hydroxyl groups excluding tert-OH is 14. The second kappa shape index (κ2) is 23.3. The molecule has 0 aromatic heterocycles. The van der Waals surface area contributed by atoms with Crippen LogP contribution in [0.3, 0.4) is 0 Å². The Hall–Kier alpha value is -1.76. The molecule has 0 aromatic rings. The quantitative estimate of drug-likeness (QED) is 0.0462. The highest BCUT2D eigenvalue weighted by atomic mass is 32.3. The third-order valence-corrected chi connectivity index (χ3v) is 22.1. The molecule has 0 amide bonds. The Balaban J connectivity index is 0.916. The van der Waals surface area contributed by atoms with Crippen molar-refractivity contribution < 1.29 is 131 Å². The summed E-state index contributed by atoms with van der Waals surface area (Å²) in [5.74, 6) is -1.37. The Morgan fingerprint density at radius 3 is 1.68 bits per heavy atom. The minimum Gasteiger partial charge on any atom is -0.432 e. The van der Waals surface area contributed by atoms with Gasteiger partial charge in [-0.05, 0) is 103 Å². The summed E-state index contributed by atoms with van der Waals surface area (Å²) in [4.78, 5) is 15.2. The molecule has 472 valence electrons. The number of esters is 1. The maximum absolute atomic E-state index is 15.2.